The number of rotatable bonds is 7. The van der Waals surface area contributed by atoms with Gasteiger partial charge in [0.25, 0.3) is 5.91 Å². The molecule has 10 heteroatoms. The van der Waals surface area contributed by atoms with E-state index in [1.165, 1.54) is 12.1 Å². The van der Waals surface area contributed by atoms with Gasteiger partial charge in [-0.3, -0.25) is 9.59 Å². The lowest BCUT2D eigenvalue weighted by molar-refractivity contribution is -0.274. The highest BCUT2D eigenvalue weighted by Gasteiger charge is 2.41. The number of likely N-dealkylation sites (tertiary alicyclic amines) is 1. The van der Waals surface area contributed by atoms with Gasteiger partial charge < -0.3 is 24.2 Å². The summed E-state index contributed by atoms with van der Waals surface area (Å²) in [5.41, 5.74) is -0.316. The van der Waals surface area contributed by atoms with Crippen LogP contribution in [0.25, 0.3) is 0 Å². The fourth-order valence-electron chi connectivity index (χ4n) is 4.92. The number of hydrogen-bond acceptors (Lipinski definition) is 5. The number of ether oxygens (including phenoxy) is 2. The molecule has 0 N–H and O–H groups in total. The van der Waals surface area contributed by atoms with Gasteiger partial charge in [0.15, 0.2) is 0 Å². The van der Waals surface area contributed by atoms with Gasteiger partial charge in [-0.05, 0) is 56.3 Å². The molecular formula is C27H32F3N3O4. The zero-order valence-electron chi connectivity index (χ0n) is 20.9. The van der Waals surface area contributed by atoms with E-state index in [1.807, 2.05) is 42.3 Å². The van der Waals surface area contributed by atoms with Gasteiger partial charge in [-0.2, -0.15) is 0 Å². The average Bonchev–Trinajstić information content (AvgIpc) is 2.88. The quantitative estimate of drug-likeness (QED) is 0.553. The molecule has 2 amide bonds. The first-order valence-electron chi connectivity index (χ1n) is 12.4. The second-order valence-electron chi connectivity index (χ2n) is 9.87. The minimum atomic E-state index is -4.80. The predicted molar refractivity (Wildman–Crippen MR) is 131 cm³/mol. The van der Waals surface area contributed by atoms with Crippen LogP contribution < -0.4 is 9.47 Å². The predicted octanol–water partition coefficient (Wildman–Crippen LogP) is 4.05. The number of carbonyl (C=O) groups excluding carboxylic acids is 2. The van der Waals surface area contributed by atoms with Crippen LogP contribution in [0.15, 0.2) is 54.6 Å². The van der Waals surface area contributed by atoms with E-state index in [0.717, 1.165) is 31.6 Å². The summed E-state index contributed by atoms with van der Waals surface area (Å²) >= 11 is 0. The number of hydrogen-bond donors (Lipinski definition) is 0. The number of halogens is 3. The summed E-state index contributed by atoms with van der Waals surface area (Å²) in [5.74, 6) is 0.0609. The molecule has 2 heterocycles. The molecule has 0 unspecified atom stereocenters. The van der Waals surface area contributed by atoms with Crippen LogP contribution >= 0.6 is 0 Å². The van der Waals surface area contributed by atoms with E-state index in [9.17, 15) is 22.8 Å². The molecule has 2 aliphatic heterocycles. The van der Waals surface area contributed by atoms with Crippen molar-refractivity contribution in [2.45, 2.75) is 25.6 Å². The van der Waals surface area contributed by atoms with E-state index in [4.69, 9.17) is 4.74 Å². The molecule has 0 aliphatic carbocycles. The van der Waals surface area contributed by atoms with Crippen LogP contribution in [0.1, 0.15) is 29.6 Å². The molecule has 37 heavy (non-hydrogen) atoms. The third-order valence-electron chi connectivity index (χ3n) is 6.95. The van der Waals surface area contributed by atoms with E-state index >= 15 is 0 Å². The van der Waals surface area contributed by atoms with Crippen molar-refractivity contribution < 1.29 is 32.2 Å². The van der Waals surface area contributed by atoms with Crippen molar-refractivity contribution in [1.82, 2.24) is 14.7 Å². The Kier molecular flexibility index (Phi) is 8.26. The molecule has 7 nitrogen and oxygen atoms in total. The Morgan fingerprint density at radius 1 is 0.892 bits per heavy atom. The molecule has 4 rings (SSSR count). The summed E-state index contributed by atoms with van der Waals surface area (Å²) in [4.78, 5) is 32.4. The Hall–Kier alpha value is -3.27. The normalized spacial score (nSPS) is 21.0. The van der Waals surface area contributed by atoms with Crippen molar-refractivity contribution in [2.75, 3.05) is 52.9 Å². The standard InChI is InChI=1S/C27H32F3N3O4/c1-31-14-16-32(17-15-31)24(34)18-26(20-36-22-6-3-2-4-7-22)12-5-13-33(19-26)25(35)21-8-10-23(11-9-21)37-27(28,29)30/h2-4,6-11H,5,12-20H2,1H3/t26-/m1/s1. The van der Waals surface area contributed by atoms with Gasteiger partial charge >= 0.3 is 6.36 Å². The van der Waals surface area contributed by atoms with Crippen molar-refractivity contribution in [2.24, 2.45) is 5.41 Å². The molecule has 0 bridgehead atoms. The molecule has 0 spiro atoms. The number of amides is 2. The lowest BCUT2D eigenvalue weighted by Gasteiger charge is -2.43. The second kappa shape index (κ2) is 11.4. The fraction of sp³-hybridized carbons (Fsp3) is 0.481. The van der Waals surface area contributed by atoms with Crippen LogP contribution in [-0.4, -0.2) is 85.8 Å². The maximum absolute atomic E-state index is 13.3. The lowest BCUT2D eigenvalue weighted by Crippen LogP contribution is -2.53. The largest absolute Gasteiger partial charge is 0.573 e. The van der Waals surface area contributed by atoms with Gasteiger partial charge in [-0.25, -0.2) is 0 Å². The summed E-state index contributed by atoms with van der Waals surface area (Å²) in [5, 5.41) is 0. The maximum atomic E-state index is 13.3. The number of benzene rings is 2. The minimum Gasteiger partial charge on any atom is -0.493 e. The lowest BCUT2D eigenvalue weighted by atomic mass is 9.77. The summed E-state index contributed by atoms with van der Waals surface area (Å²) in [6.45, 7) is 4.06. The van der Waals surface area contributed by atoms with Gasteiger partial charge in [0.05, 0.1) is 6.61 Å². The number of para-hydroxylation sites is 1. The van der Waals surface area contributed by atoms with Gasteiger partial charge in [0.1, 0.15) is 11.5 Å². The van der Waals surface area contributed by atoms with Crippen LogP contribution in [-0.2, 0) is 4.79 Å². The summed E-state index contributed by atoms with van der Waals surface area (Å²) in [6.07, 6.45) is -3.13. The number of likely N-dealkylation sites (N-methyl/N-ethyl adjacent to an activating group) is 1. The molecular weight excluding hydrogens is 487 g/mol. The molecule has 2 aliphatic rings. The van der Waals surface area contributed by atoms with E-state index in [0.29, 0.717) is 38.3 Å². The average molecular weight is 520 g/mol. The van der Waals surface area contributed by atoms with Crippen molar-refractivity contribution in [1.29, 1.82) is 0 Å². The van der Waals surface area contributed by atoms with E-state index in [1.54, 1.807) is 4.90 Å². The smallest absolute Gasteiger partial charge is 0.493 e. The molecule has 2 aromatic carbocycles. The number of nitrogens with zero attached hydrogens (tertiary/aromatic N) is 3. The Balaban J connectivity index is 1.49. The molecule has 0 aromatic heterocycles. The molecule has 1 atom stereocenters. The van der Waals surface area contributed by atoms with E-state index < -0.39 is 11.8 Å². The Labute approximate surface area is 214 Å². The van der Waals surface area contributed by atoms with Crippen LogP contribution in [0.3, 0.4) is 0 Å². The van der Waals surface area contributed by atoms with E-state index in [2.05, 4.69) is 9.64 Å². The molecule has 0 radical (unpaired) electrons. The van der Waals surface area contributed by atoms with Gasteiger partial charge in [-0.15, -0.1) is 13.2 Å². The molecule has 2 aromatic rings. The zero-order chi connectivity index (χ0) is 26.5. The monoisotopic (exact) mass is 519 g/mol. The Morgan fingerprint density at radius 3 is 2.22 bits per heavy atom. The van der Waals surface area contributed by atoms with Crippen molar-refractivity contribution >= 4 is 11.8 Å². The molecule has 200 valence electrons. The zero-order valence-corrected chi connectivity index (χ0v) is 20.9. The first-order valence-corrected chi connectivity index (χ1v) is 12.4. The number of piperidine rings is 1. The molecule has 0 saturated carbocycles. The van der Waals surface area contributed by atoms with E-state index in [-0.39, 0.29) is 36.2 Å². The maximum Gasteiger partial charge on any atom is 0.573 e. The van der Waals surface area contributed by atoms with Crippen LogP contribution in [0.5, 0.6) is 11.5 Å². The third kappa shape index (κ3) is 7.38. The highest BCUT2D eigenvalue weighted by atomic mass is 19.4. The van der Waals surface area contributed by atoms with Crippen molar-refractivity contribution in [3.05, 3.63) is 60.2 Å². The Morgan fingerprint density at radius 2 is 1.57 bits per heavy atom. The SMILES string of the molecule is CN1CCN(C(=O)C[C@]2(COc3ccccc3)CCCN(C(=O)c3ccc(OC(F)(F)F)cc3)C2)CC1. The summed E-state index contributed by atoms with van der Waals surface area (Å²) in [6, 6.07) is 14.3. The van der Waals surface area contributed by atoms with Gasteiger partial charge in [-0.1, -0.05) is 18.2 Å². The first kappa shape index (κ1) is 26.8. The minimum absolute atomic E-state index is 0.0488. The molecule has 2 saturated heterocycles. The number of alkyl halides is 3. The van der Waals surface area contributed by atoms with Gasteiger partial charge in [0.2, 0.25) is 5.91 Å². The van der Waals surface area contributed by atoms with Crippen molar-refractivity contribution in [3.8, 4) is 11.5 Å². The number of piperazine rings is 1. The van der Waals surface area contributed by atoms with Crippen LogP contribution in [0.4, 0.5) is 13.2 Å². The highest BCUT2D eigenvalue weighted by molar-refractivity contribution is 5.94. The molecule has 2 fully saturated rings. The third-order valence-corrected chi connectivity index (χ3v) is 6.95. The summed E-state index contributed by atoms with van der Waals surface area (Å²) in [7, 11) is 2.03. The summed E-state index contributed by atoms with van der Waals surface area (Å²) < 4.78 is 47.5. The Bertz CT molecular complexity index is 1060. The van der Waals surface area contributed by atoms with Gasteiger partial charge in [0, 0.05) is 56.7 Å². The second-order valence-corrected chi connectivity index (χ2v) is 9.87. The van der Waals surface area contributed by atoms with Crippen LogP contribution in [0, 0.1) is 5.41 Å². The van der Waals surface area contributed by atoms with Crippen molar-refractivity contribution in [3.63, 3.8) is 0 Å². The van der Waals surface area contributed by atoms with Crippen LogP contribution in [0.2, 0.25) is 0 Å². The fourth-order valence-corrected chi connectivity index (χ4v) is 4.92. The number of carbonyl (C=O) groups is 2. The first-order chi connectivity index (χ1) is 17.6. The highest BCUT2D eigenvalue weighted by Crippen LogP contribution is 2.36. The topological polar surface area (TPSA) is 62.3 Å².